The van der Waals surface area contributed by atoms with Crippen molar-refractivity contribution in [1.82, 2.24) is 5.32 Å². The van der Waals surface area contributed by atoms with E-state index < -0.39 is 0 Å². The maximum Gasteiger partial charge on any atom is -0.00173 e. The summed E-state index contributed by atoms with van der Waals surface area (Å²) in [5.41, 5.74) is 0.566. The molecule has 3 rings (SSSR count). The van der Waals surface area contributed by atoms with E-state index in [1.807, 2.05) is 0 Å². The largest absolute Gasteiger partial charge is 0.316 e. The zero-order chi connectivity index (χ0) is 12.8. The predicted octanol–water partition coefficient (Wildman–Crippen LogP) is 4.08. The molecule has 5 unspecified atom stereocenters. The molecule has 18 heavy (non-hydrogen) atoms. The maximum atomic E-state index is 3.60. The molecule has 3 aliphatic rings. The van der Waals surface area contributed by atoms with E-state index in [0.29, 0.717) is 5.41 Å². The quantitative estimate of drug-likeness (QED) is 0.794. The average Bonchev–Trinajstić information content (AvgIpc) is 3.03. The van der Waals surface area contributed by atoms with Gasteiger partial charge in [0.25, 0.3) is 0 Å². The second kappa shape index (κ2) is 4.81. The van der Waals surface area contributed by atoms with Gasteiger partial charge in [-0.2, -0.15) is 0 Å². The Labute approximate surface area is 113 Å². The molecule has 0 aromatic heterocycles. The predicted molar refractivity (Wildman–Crippen MR) is 77.5 cm³/mol. The summed E-state index contributed by atoms with van der Waals surface area (Å²) in [7, 11) is 0. The SMILES string of the molecule is CCC(C)(C)C1C2CCCC2CC1C1CCNC1. The molecule has 2 aliphatic carbocycles. The van der Waals surface area contributed by atoms with E-state index in [9.17, 15) is 0 Å². The first-order valence-electron chi connectivity index (χ1n) is 8.34. The number of rotatable bonds is 3. The summed E-state index contributed by atoms with van der Waals surface area (Å²) in [6, 6.07) is 0. The molecule has 1 saturated heterocycles. The molecular formula is C17H31N. The molecule has 0 amide bonds. The van der Waals surface area contributed by atoms with Crippen LogP contribution in [0, 0.1) is 35.0 Å². The minimum absolute atomic E-state index is 0.566. The van der Waals surface area contributed by atoms with Crippen LogP contribution in [0.4, 0.5) is 0 Å². The van der Waals surface area contributed by atoms with E-state index >= 15 is 0 Å². The molecule has 1 aliphatic heterocycles. The fourth-order valence-electron chi connectivity index (χ4n) is 5.57. The Kier molecular flexibility index (Phi) is 3.47. The normalized spacial score (nSPS) is 44.5. The molecule has 0 aromatic rings. The lowest BCUT2D eigenvalue weighted by Gasteiger charge is -2.40. The van der Waals surface area contributed by atoms with Gasteiger partial charge in [0.2, 0.25) is 0 Å². The molecule has 1 heteroatoms. The van der Waals surface area contributed by atoms with Crippen molar-refractivity contribution >= 4 is 0 Å². The molecule has 1 nitrogen and oxygen atoms in total. The molecule has 2 saturated carbocycles. The second-order valence-electron chi connectivity index (χ2n) is 7.88. The molecule has 0 radical (unpaired) electrons. The van der Waals surface area contributed by atoms with Crippen LogP contribution in [0.25, 0.3) is 0 Å². The standard InChI is InChI=1S/C17H31N/c1-4-17(2,3)16-14-7-5-6-12(14)10-15(16)13-8-9-18-11-13/h12-16,18H,4-11H2,1-3H3. The maximum absolute atomic E-state index is 3.60. The Balaban J connectivity index is 1.83. The second-order valence-corrected chi connectivity index (χ2v) is 7.88. The molecule has 104 valence electrons. The lowest BCUT2D eigenvalue weighted by Crippen LogP contribution is -2.35. The van der Waals surface area contributed by atoms with Gasteiger partial charge in [0.05, 0.1) is 0 Å². The first kappa shape index (κ1) is 13.0. The van der Waals surface area contributed by atoms with Crippen molar-refractivity contribution in [2.45, 2.75) is 59.3 Å². The first-order valence-corrected chi connectivity index (χ1v) is 8.34. The van der Waals surface area contributed by atoms with Crippen molar-refractivity contribution in [2.75, 3.05) is 13.1 Å². The third kappa shape index (κ3) is 2.03. The highest BCUT2D eigenvalue weighted by atomic mass is 14.9. The minimum Gasteiger partial charge on any atom is -0.316 e. The Morgan fingerprint density at radius 1 is 1.06 bits per heavy atom. The first-order chi connectivity index (χ1) is 8.63. The summed E-state index contributed by atoms with van der Waals surface area (Å²) in [6.07, 6.45) is 8.96. The average molecular weight is 249 g/mol. The van der Waals surface area contributed by atoms with Gasteiger partial charge in [-0.15, -0.1) is 0 Å². The van der Waals surface area contributed by atoms with Gasteiger partial charge in [0.15, 0.2) is 0 Å². The van der Waals surface area contributed by atoms with Crippen molar-refractivity contribution in [3.8, 4) is 0 Å². The Bertz CT molecular complexity index is 290. The number of hydrogen-bond acceptors (Lipinski definition) is 1. The third-order valence-electron chi connectivity index (χ3n) is 6.73. The molecule has 0 bridgehead atoms. The van der Waals surface area contributed by atoms with Crippen LogP contribution < -0.4 is 5.32 Å². The van der Waals surface area contributed by atoms with Crippen LogP contribution in [-0.2, 0) is 0 Å². The molecule has 3 fully saturated rings. The van der Waals surface area contributed by atoms with Crippen molar-refractivity contribution in [2.24, 2.45) is 35.0 Å². The van der Waals surface area contributed by atoms with E-state index in [4.69, 9.17) is 0 Å². The van der Waals surface area contributed by atoms with Crippen molar-refractivity contribution in [1.29, 1.82) is 0 Å². The van der Waals surface area contributed by atoms with Crippen LogP contribution in [0.3, 0.4) is 0 Å². The number of fused-ring (bicyclic) bond motifs is 1. The minimum atomic E-state index is 0.566. The van der Waals surface area contributed by atoms with E-state index in [1.165, 1.54) is 45.2 Å². The van der Waals surface area contributed by atoms with Crippen molar-refractivity contribution in [3.63, 3.8) is 0 Å². The van der Waals surface area contributed by atoms with E-state index in [1.54, 1.807) is 6.42 Å². The Hall–Kier alpha value is -0.0400. The van der Waals surface area contributed by atoms with Gasteiger partial charge in [0, 0.05) is 0 Å². The monoisotopic (exact) mass is 249 g/mol. The highest BCUT2D eigenvalue weighted by molar-refractivity contribution is 5.02. The van der Waals surface area contributed by atoms with Crippen LogP contribution in [0.1, 0.15) is 59.3 Å². The van der Waals surface area contributed by atoms with E-state index in [-0.39, 0.29) is 0 Å². The van der Waals surface area contributed by atoms with Gasteiger partial charge < -0.3 is 5.32 Å². The molecule has 1 heterocycles. The van der Waals surface area contributed by atoms with E-state index in [2.05, 4.69) is 26.1 Å². The molecule has 0 spiro atoms. The molecule has 5 atom stereocenters. The van der Waals surface area contributed by atoms with Gasteiger partial charge in [-0.1, -0.05) is 40.0 Å². The van der Waals surface area contributed by atoms with E-state index in [0.717, 1.165) is 29.6 Å². The Morgan fingerprint density at radius 3 is 2.56 bits per heavy atom. The molecule has 1 N–H and O–H groups in total. The Morgan fingerprint density at radius 2 is 1.89 bits per heavy atom. The van der Waals surface area contributed by atoms with Crippen molar-refractivity contribution < 1.29 is 0 Å². The van der Waals surface area contributed by atoms with Crippen LogP contribution in [-0.4, -0.2) is 13.1 Å². The van der Waals surface area contributed by atoms with Crippen molar-refractivity contribution in [3.05, 3.63) is 0 Å². The summed E-state index contributed by atoms with van der Waals surface area (Å²) < 4.78 is 0. The topological polar surface area (TPSA) is 12.0 Å². The fourth-order valence-corrected chi connectivity index (χ4v) is 5.57. The lowest BCUT2D eigenvalue weighted by atomic mass is 9.64. The van der Waals surface area contributed by atoms with Crippen LogP contribution in [0.5, 0.6) is 0 Å². The summed E-state index contributed by atoms with van der Waals surface area (Å²) in [6.45, 7) is 10.1. The van der Waals surface area contributed by atoms with Gasteiger partial charge in [-0.3, -0.25) is 0 Å². The summed E-state index contributed by atoms with van der Waals surface area (Å²) in [4.78, 5) is 0. The summed E-state index contributed by atoms with van der Waals surface area (Å²) >= 11 is 0. The van der Waals surface area contributed by atoms with Crippen LogP contribution in [0.2, 0.25) is 0 Å². The highest BCUT2D eigenvalue weighted by Crippen LogP contribution is 2.59. The zero-order valence-electron chi connectivity index (χ0n) is 12.5. The van der Waals surface area contributed by atoms with Gasteiger partial charge in [0.1, 0.15) is 0 Å². The number of hydrogen-bond donors (Lipinski definition) is 1. The number of nitrogens with one attached hydrogen (secondary N) is 1. The molecular weight excluding hydrogens is 218 g/mol. The smallest absolute Gasteiger partial charge is 0.00173 e. The summed E-state index contributed by atoms with van der Waals surface area (Å²) in [5, 5.41) is 3.60. The van der Waals surface area contributed by atoms with Gasteiger partial charge >= 0.3 is 0 Å². The lowest BCUT2D eigenvalue weighted by molar-refractivity contribution is 0.0842. The third-order valence-corrected chi connectivity index (χ3v) is 6.73. The molecule has 0 aromatic carbocycles. The van der Waals surface area contributed by atoms with Gasteiger partial charge in [-0.05, 0) is 67.4 Å². The highest BCUT2D eigenvalue weighted by Gasteiger charge is 2.52. The summed E-state index contributed by atoms with van der Waals surface area (Å²) in [5.74, 6) is 5.20. The van der Waals surface area contributed by atoms with Gasteiger partial charge in [-0.25, -0.2) is 0 Å². The van der Waals surface area contributed by atoms with Crippen LogP contribution >= 0.6 is 0 Å². The van der Waals surface area contributed by atoms with Crippen LogP contribution in [0.15, 0.2) is 0 Å². The zero-order valence-corrected chi connectivity index (χ0v) is 12.5. The fraction of sp³-hybridized carbons (Fsp3) is 1.00.